The molecule has 0 spiro atoms. The Morgan fingerprint density at radius 3 is 2.46 bits per heavy atom. The second-order valence-electron chi connectivity index (χ2n) is 5.57. The lowest BCUT2D eigenvalue weighted by Crippen LogP contribution is -2.39. The number of carbonyl (C=O) groups excluding carboxylic acids is 1. The molecule has 1 amide bonds. The predicted molar refractivity (Wildman–Crippen MR) is 82.8 cm³/mol. The number of rotatable bonds is 3. The fourth-order valence-electron chi connectivity index (χ4n) is 2.44. The van der Waals surface area contributed by atoms with Gasteiger partial charge in [0.2, 0.25) is 0 Å². The van der Waals surface area contributed by atoms with Crippen molar-refractivity contribution in [1.29, 1.82) is 0 Å². The monoisotopic (exact) mass is 336 g/mol. The molecule has 3 rings (SSSR count). The van der Waals surface area contributed by atoms with E-state index >= 15 is 0 Å². The maximum atomic E-state index is 13.2. The molecule has 2 heterocycles. The molecule has 0 bridgehead atoms. The molecule has 1 N–H and O–H groups in total. The van der Waals surface area contributed by atoms with Gasteiger partial charge in [0.15, 0.2) is 0 Å². The lowest BCUT2D eigenvalue weighted by molar-refractivity contribution is -0.0221. The zero-order valence-electron chi connectivity index (χ0n) is 12.7. The zero-order valence-corrected chi connectivity index (χ0v) is 12.7. The number of hydrogen-bond acceptors (Lipinski definition) is 4. The maximum Gasteiger partial charge on any atom is 0.274 e. The van der Waals surface area contributed by atoms with Gasteiger partial charge in [0.1, 0.15) is 23.7 Å². The fourth-order valence-corrected chi connectivity index (χ4v) is 2.44. The Hall–Kier alpha value is -2.64. The third-order valence-electron chi connectivity index (χ3n) is 3.81. The van der Waals surface area contributed by atoms with Gasteiger partial charge in [0.25, 0.3) is 11.8 Å². The number of nitrogens with zero attached hydrogens (tertiary/aromatic N) is 3. The van der Waals surface area contributed by atoms with Crippen LogP contribution in [0.4, 0.5) is 24.7 Å². The quantitative estimate of drug-likeness (QED) is 0.936. The predicted octanol–water partition coefficient (Wildman–Crippen LogP) is 3.10. The molecule has 24 heavy (non-hydrogen) atoms. The molecule has 1 saturated heterocycles. The summed E-state index contributed by atoms with van der Waals surface area (Å²) in [4.78, 5) is 21.9. The third-order valence-corrected chi connectivity index (χ3v) is 3.81. The van der Waals surface area contributed by atoms with E-state index in [2.05, 4.69) is 15.3 Å². The summed E-state index contributed by atoms with van der Waals surface area (Å²) in [5.74, 6) is -3.09. The van der Waals surface area contributed by atoms with Crippen LogP contribution in [0.1, 0.15) is 23.3 Å². The van der Waals surface area contributed by atoms with Gasteiger partial charge in [-0.15, -0.1) is 0 Å². The van der Waals surface area contributed by atoms with Crippen molar-refractivity contribution in [3.8, 4) is 0 Å². The number of aromatic nitrogens is 2. The SMILES string of the molecule is O=C(Nc1ccc(F)cc1)c1cc(N2CCC(F)(F)CC2)ncn1. The summed E-state index contributed by atoms with van der Waals surface area (Å²) in [5.41, 5.74) is 0.542. The molecule has 5 nitrogen and oxygen atoms in total. The van der Waals surface area contributed by atoms with Crippen LogP contribution in [0.15, 0.2) is 36.7 Å². The molecule has 0 saturated carbocycles. The number of alkyl halides is 2. The molecule has 1 aromatic carbocycles. The first-order valence-corrected chi connectivity index (χ1v) is 7.45. The van der Waals surface area contributed by atoms with Crippen molar-refractivity contribution < 1.29 is 18.0 Å². The molecule has 0 unspecified atom stereocenters. The highest BCUT2D eigenvalue weighted by atomic mass is 19.3. The summed E-state index contributed by atoms with van der Waals surface area (Å²) < 4.78 is 39.3. The summed E-state index contributed by atoms with van der Waals surface area (Å²) >= 11 is 0. The molecule has 1 fully saturated rings. The standard InChI is InChI=1S/C16H15F3N4O/c17-11-1-3-12(4-2-11)22-15(24)13-9-14(21-10-20-13)23-7-5-16(18,19)6-8-23/h1-4,9-10H,5-8H2,(H,22,24). The van der Waals surface area contributed by atoms with Crippen LogP contribution in [-0.2, 0) is 0 Å². The molecule has 0 aliphatic carbocycles. The van der Waals surface area contributed by atoms with Gasteiger partial charge in [-0.05, 0) is 24.3 Å². The van der Waals surface area contributed by atoms with Gasteiger partial charge in [0.05, 0.1) is 0 Å². The number of carbonyl (C=O) groups is 1. The topological polar surface area (TPSA) is 58.1 Å². The molecule has 1 aromatic heterocycles. The Balaban J connectivity index is 1.70. The Labute approximate surface area is 136 Å². The minimum absolute atomic E-state index is 0.113. The smallest absolute Gasteiger partial charge is 0.274 e. The van der Waals surface area contributed by atoms with E-state index < -0.39 is 17.6 Å². The summed E-state index contributed by atoms with van der Waals surface area (Å²) in [6.07, 6.45) is 0.740. The highest BCUT2D eigenvalue weighted by Crippen LogP contribution is 2.29. The second-order valence-corrected chi connectivity index (χ2v) is 5.57. The molecule has 8 heteroatoms. The van der Waals surface area contributed by atoms with E-state index in [4.69, 9.17) is 0 Å². The summed E-state index contributed by atoms with van der Waals surface area (Å²) in [5, 5.41) is 2.59. The van der Waals surface area contributed by atoms with Gasteiger partial charge < -0.3 is 10.2 Å². The van der Waals surface area contributed by atoms with E-state index in [-0.39, 0.29) is 31.6 Å². The van der Waals surface area contributed by atoms with Crippen LogP contribution in [0.3, 0.4) is 0 Å². The van der Waals surface area contributed by atoms with Crippen molar-refractivity contribution in [2.45, 2.75) is 18.8 Å². The van der Waals surface area contributed by atoms with Crippen molar-refractivity contribution in [3.05, 3.63) is 48.2 Å². The number of piperidine rings is 1. The number of hydrogen-bond donors (Lipinski definition) is 1. The van der Waals surface area contributed by atoms with E-state index in [0.717, 1.165) is 0 Å². The lowest BCUT2D eigenvalue weighted by atomic mass is 10.1. The first-order valence-electron chi connectivity index (χ1n) is 7.45. The minimum Gasteiger partial charge on any atom is -0.356 e. The average molecular weight is 336 g/mol. The minimum atomic E-state index is -2.65. The van der Waals surface area contributed by atoms with E-state index in [9.17, 15) is 18.0 Å². The number of amides is 1. The molecule has 0 radical (unpaired) electrons. The van der Waals surface area contributed by atoms with Gasteiger partial charge >= 0.3 is 0 Å². The van der Waals surface area contributed by atoms with Gasteiger partial charge in [-0.25, -0.2) is 23.1 Å². The van der Waals surface area contributed by atoms with Crippen LogP contribution in [0.2, 0.25) is 0 Å². The van der Waals surface area contributed by atoms with Crippen molar-refractivity contribution in [1.82, 2.24) is 9.97 Å². The van der Waals surface area contributed by atoms with Gasteiger partial charge in [-0.1, -0.05) is 0 Å². The van der Waals surface area contributed by atoms with Crippen LogP contribution in [0.25, 0.3) is 0 Å². The average Bonchev–Trinajstić information content (AvgIpc) is 2.57. The Kier molecular flexibility index (Phi) is 4.37. The number of halogens is 3. The van der Waals surface area contributed by atoms with Crippen molar-refractivity contribution in [3.63, 3.8) is 0 Å². The van der Waals surface area contributed by atoms with Crippen molar-refractivity contribution >= 4 is 17.4 Å². The molecular weight excluding hydrogens is 321 g/mol. The van der Waals surface area contributed by atoms with E-state index in [1.165, 1.54) is 36.7 Å². The Morgan fingerprint density at radius 1 is 1.12 bits per heavy atom. The second kappa shape index (κ2) is 6.46. The molecule has 126 valence electrons. The van der Waals surface area contributed by atoms with Gasteiger partial charge in [0, 0.05) is 37.7 Å². The largest absolute Gasteiger partial charge is 0.356 e. The van der Waals surface area contributed by atoms with Crippen LogP contribution >= 0.6 is 0 Å². The number of benzene rings is 1. The normalized spacial score (nSPS) is 16.7. The van der Waals surface area contributed by atoms with E-state index in [1.54, 1.807) is 4.90 Å². The summed E-state index contributed by atoms with van der Waals surface area (Å²) in [7, 11) is 0. The first-order chi connectivity index (χ1) is 11.4. The lowest BCUT2D eigenvalue weighted by Gasteiger charge is -2.32. The van der Waals surface area contributed by atoms with Crippen LogP contribution < -0.4 is 10.2 Å². The third kappa shape index (κ3) is 3.81. The molecular formula is C16H15F3N4O. The first kappa shape index (κ1) is 16.2. The van der Waals surface area contributed by atoms with Crippen LogP contribution in [0, 0.1) is 5.82 Å². The summed E-state index contributed by atoms with van der Waals surface area (Å²) in [6.45, 7) is 0.339. The number of nitrogens with one attached hydrogen (secondary N) is 1. The van der Waals surface area contributed by atoms with Crippen molar-refractivity contribution in [2.24, 2.45) is 0 Å². The van der Waals surface area contributed by atoms with Crippen LogP contribution in [0.5, 0.6) is 0 Å². The van der Waals surface area contributed by atoms with E-state index in [1.807, 2.05) is 0 Å². The van der Waals surface area contributed by atoms with Gasteiger partial charge in [-0.3, -0.25) is 4.79 Å². The van der Waals surface area contributed by atoms with E-state index in [0.29, 0.717) is 11.5 Å². The zero-order chi connectivity index (χ0) is 17.2. The highest BCUT2D eigenvalue weighted by molar-refractivity contribution is 6.03. The fraction of sp³-hybridized carbons (Fsp3) is 0.312. The highest BCUT2D eigenvalue weighted by Gasteiger charge is 2.34. The molecule has 1 aliphatic rings. The Morgan fingerprint density at radius 2 is 1.79 bits per heavy atom. The number of anilines is 2. The van der Waals surface area contributed by atoms with Crippen LogP contribution in [-0.4, -0.2) is 34.9 Å². The molecule has 0 atom stereocenters. The Bertz CT molecular complexity index is 726. The van der Waals surface area contributed by atoms with Crippen molar-refractivity contribution in [2.75, 3.05) is 23.3 Å². The maximum absolute atomic E-state index is 13.2. The van der Waals surface area contributed by atoms with Gasteiger partial charge in [-0.2, -0.15) is 0 Å². The summed E-state index contributed by atoms with van der Waals surface area (Å²) in [6, 6.07) is 6.79. The molecule has 2 aromatic rings. The molecule has 1 aliphatic heterocycles.